The molecule has 3 heteroatoms. The molecule has 0 aliphatic carbocycles. The van der Waals surface area contributed by atoms with Gasteiger partial charge in [-0.3, -0.25) is 0 Å². The fraction of sp³-hybridized carbons (Fsp3) is 0.154. The smallest absolute Gasteiger partial charge is 0.157 e. The van der Waals surface area contributed by atoms with Gasteiger partial charge >= 0.3 is 0 Å². The molecule has 0 bridgehead atoms. The van der Waals surface area contributed by atoms with Crippen LogP contribution in [0.25, 0.3) is 22.1 Å². The van der Waals surface area contributed by atoms with E-state index < -0.39 is 0 Å². The molecule has 0 saturated heterocycles. The van der Waals surface area contributed by atoms with Crippen LogP contribution in [0, 0.1) is 6.92 Å². The molecule has 2 heterocycles. The lowest BCUT2D eigenvalue weighted by atomic mass is 10.2. The molecule has 3 aromatic rings. The van der Waals surface area contributed by atoms with Crippen LogP contribution >= 0.6 is 0 Å². The van der Waals surface area contributed by atoms with Gasteiger partial charge in [0.2, 0.25) is 0 Å². The Kier molecular flexibility index (Phi) is 1.86. The van der Waals surface area contributed by atoms with E-state index in [-0.39, 0.29) is 0 Å². The molecule has 0 N–H and O–H groups in total. The van der Waals surface area contributed by atoms with Crippen LogP contribution in [0.2, 0.25) is 0 Å². The molecule has 0 amide bonds. The van der Waals surface area contributed by atoms with E-state index in [9.17, 15) is 0 Å². The highest BCUT2D eigenvalue weighted by molar-refractivity contribution is 6.02. The molecule has 1 aromatic carbocycles. The Hall–Kier alpha value is -2.03. The van der Waals surface area contributed by atoms with Crippen molar-refractivity contribution in [3.8, 4) is 5.75 Å². The minimum absolute atomic E-state index is 0.711. The maximum absolute atomic E-state index is 5.73. The monoisotopic (exact) mass is 213 g/mol. The van der Waals surface area contributed by atoms with Crippen LogP contribution in [0.3, 0.4) is 0 Å². The van der Waals surface area contributed by atoms with E-state index in [0.717, 1.165) is 22.1 Å². The summed E-state index contributed by atoms with van der Waals surface area (Å²) in [5.41, 5.74) is 3.70. The van der Waals surface area contributed by atoms with Gasteiger partial charge in [0.05, 0.1) is 13.3 Å². The van der Waals surface area contributed by atoms with Gasteiger partial charge in [0.15, 0.2) is 5.58 Å². The molecular formula is C13H11NO2. The van der Waals surface area contributed by atoms with Gasteiger partial charge in [-0.1, -0.05) is 6.07 Å². The number of furan rings is 1. The van der Waals surface area contributed by atoms with Crippen molar-refractivity contribution in [1.29, 1.82) is 0 Å². The van der Waals surface area contributed by atoms with Crippen LogP contribution < -0.4 is 4.74 Å². The summed E-state index contributed by atoms with van der Waals surface area (Å²) in [7, 11) is 1.62. The quantitative estimate of drug-likeness (QED) is 0.622. The third-order valence-electron chi connectivity index (χ3n) is 2.68. The molecule has 0 unspecified atom stereocenters. The predicted molar refractivity (Wildman–Crippen MR) is 62.8 cm³/mol. The van der Waals surface area contributed by atoms with Gasteiger partial charge in [-0.15, -0.1) is 0 Å². The molecule has 0 aliphatic rings. The van der Waals surface area contributed by atoms with Gasteiger partial charge in [0.25, 0.3) is 0 Å². The second-order valence-corrected chi connectivity index (χ2v) is 3.82. The van der Waals surface area contributed by atoms with Crippen molar-refractivity contribution in [2.75, 3.05) is 7.11 Å². The number of rotatable bonds is 1. The number of benzene rings is 1. The molecule has 3 nitrogen and oxygen atoms in total. The van der Waals surface area contributed by atoms with Crippen LogP contribution in [-0.4, -0.2) is 12.1 Å². The van der Waals surface area contributed by atoms with Crippen molar-refractivity contribution in [3.05, 3.63) is 36.0 Å². The van der Waals surface area contributed by atoms with Gasteiger partial charge < -0.3 is 9.15 Å². The standard InChI is InChI=1S/C13H11NO2/c1-8-3-4-10-11(5-8)16-12-6-9(15-2)7-14-13(10)12/h3-7H,1-2H3. The minimum Gasteiger partial charge on any atom is -0.495 e. The Labute approximate surface area is 92.7 Å². The number of hydrogen-bond donors (Lipinski definition) is 0. The van der Waals surface area contributed by atoms with Gasteiger partial charge in [0.1, 0.15) is 16.8 Å². The van der Waals surface area contributed by atoms with Crippen molar-refractivity contribution < 1.29 is 9.15 Å². The normalized spacial score (nSPS) is 11.1. The maximum Gasteiger partial charge on any atom is 0.157 e. The van der Waals surface area contributed by atoms with Gasteiger partial charge in [-0.25, -0.2) is 4.98 Å². The number of aryl methyl sites for hydroxylation is 1. The highest BCUT2D eigenvalue weighted by atomic mass is 16.5. The van der Waals surface area contributed by atoms with Crippen molar-refractivity contribution in [1.82, 2.24) is 4.98 Å². The minimum atomic E-state index is 0.711. The number of methoxy groups -OCH3 is 1. The fourth-order valence-corrected chi connectivity index (χ4v) is 1.85. The summed E-state index contributed by atoms with van der Waals surface area (Å²) in [6.45, 7) is 2.04. The van der Waals surface area contributed by atoms with Gasteiger partial charge in [-0.2, -0.15) is 0 Å². The first-order valence-corrected chi connectivity index (χ1v) is 5.11. The average molecular weight is 213 g/mol. The number of nitrogens with zero attached hydrogens (tertiary/aromatic N) is 1. The Balaban J connectivity index is 2.40. The molecule has 0 spiro atoms. The molecular weight excluding hydrogens is 202 g/mol. The van der Waals surface area contributed by atoms with E-state index in [0.29, 0.717) is 5.75 Å². The zero-order chi connectivity index (χ0) is 11.1. The van der Waals surface area contributed by atoms with Crippen LogP contribution in [0.15, 0.2) is 34.9 Å². The lowest BCUT2D eigenvalue weighted by Gasteiger charge is -1.96. The summed E-state index contributed by atoms with van der Waals surface area (Å²) in [5.74, 6) is 0.711. The van der Waals surface area contributed by atoms with E-state index >= 15 is 0 Å². The van der Waals surface area contributed by atoms with Crippen molar-refractivity contribution in [3.63, 3.8) is 0 Å². The number of aromatic nitrogens is 1. The highest BCUT2D eigenvalue weighted by Gasteiger charge is 2.08. The third kappa shape index (κ3) is 1.25. The molecule has 80 valence electrons. The Bertz CT molecular complexity index is 670. The van der Waals surface area contributed by atoms with E-state index in [1.807, 2.05) is 25.1 Å². The topological polar surface area (TPSA) is 35.3 Å². The summed E-state index contributed by atoms with van der Waals surface area (Å²) < 4.78 is 10.9. The number of pyridine rings is 1. The third-order valence-corrected chi connectivity index (χ3v) is 2.68. The van der Waals surface area contributed by atoms with Crippen molar-refractivity contribution in [2.24, 2.45) is 0 Å². The first-order chi connectivity index (χ1) is 7.78. The summed E-state index contributed by atoms with van der Waals surface area (Å²) in [4.78, 5) is 4.35. The van der Waals surface area contributed by atoms with E-state index in [1.54, 1.807) is 13.3 Å². The number of hydrogen-bond acceptors (Lipinski definition) is 3. The zero-order valence-corrected chi connectivity index (χ0v) is 9.15. The maximum atomic E-state index is 5.73. The van der Waals surface area contributed by atoms with E-state index in [1.165, 1.54) is 5.56 Å². The van der Waals surface area contributed by atoms with Crippen LogP contribution in [0.1, 0.15) is 5.56 Å². The summed E-state index contributed by atoms with van der Waals surface area (Å²) >= 11 is 0. The second-order valence-electron chi connectivity index (χ2n) is 3.82. The Morgan fingerprint density at radius 3 is 2.88 bits per heavy atom. The number of ether oxygens (including phenoxy) is 1. The summed E-state index contributed by atoms with van der Waals surface area (Å²) in [6.07, 6.45) is 1.71. The summed E-state index contributed by atoms with van der Waals surface area (Å²) in [6, 6.07) is 7.97. The zero-order valence-electron chi connectivity index (χ0n) is 9.15. The molecule has 3 rings (SSSR count). The largest absolute Gasteiger partial charge is 0.495 e. The first-order valence-electron chi connectivity index (χ1n) is 5.11. The molecule has 0 atom stereocenters. The lowest BCUT2D eigenvalue weighted by molar-refractivity contribution is 0.413. The molecule has 16 heavy (non-hydrogen) atoms. The SMILES string of the molecule is COc1cnc2c(c1)oc1cc(C)ccc12. The summed E-state index contributed by atoms with van der Waals surface area (Å²) in [5, 5.41) is 1.04. The van der Waals surface area contributed by atoms with E-state index in [2.05, 4.69) is 11.1 Å². The second kappa shape index (κ2) is 3.23. The highest BCUT2D eigenvalue weighted by Crippen LogP contribution is 2.29. The predicted octanol–water partition coefficient (Wildman–Crippen LogP) is 3.30. The Morgan fingerprint density at radius 2 is 2.06 bits per heavy atom. The van der Waals surface area contributed by atoms with E-state index in [4.69, 9.17) is 9.15 Å². The van der Waals surface area contributed by atoms with Crippen molar-refractivity contribution in [2.45, 2.75) is 6.92 Å². The molecule has 0 radical (unpaired) electrons. The Morgan fingerprint density at radius 1 is 1.19 bits per heavy atom. The van der Waals surface area contributed by atoms with Crippen LogP contribution in [-0.2, 0) is 0 Å². The number of fused-ring (bicyclic) bond motifs is 3. The molecule has 0 aliphatic heterocycles. The average Bonchev–Trinajstić information content (AvgIpc) is 2.64. The van der Waals surface area contributed by atoms with Crippen LogP contribution in [0.4, 0.5) is 0 Å². The molecule has 0 saturated carbocycles. The first kappa shape index (κ1) is 9.21. The van der Waals surface area contributed by atoms with Crippen molar-refractivity contribution >= 4 is 22.1 Å². The van der Waals surface area contributed by atoms with Crippen LogP contribution in [0.5, 0.6) is 5.75 Å². The molecule has 0 fully saturated rings. The lowest BCUT2D eigenvalue weighted by Crippen LogP contribution is -1.83. The van der Waals surface area contributed by atoms with Gasteiger partial charge in [0, 0.05) is 11.5 Å². The fourth-order valence-electron chi connectivity index (χ4n) is 1.85. The molecule has 2 aromatic heterocycles. The van der Waals surface area contributed by atoms with Gasteiger partial charge in [-0.05, 0) is 24.6 Å².